The fourth-order valence-electron chi connectivity index (χ4n) is 2.89. The zero-order chi connectivity index (χ0) is 11.0. The maximum Gasteiger partial charge on any atom is 0.142 e. The first kappa shape index (κ1) is 10.0. The van der Waals surface area contributed by atoms with Crippen molar-refractivity contribution in [3.8, 4) is 0 Å². The molecule has 16 heavy (non-hydrogen) atoms. The lowest BCUT2D eigenvalue weighted by atomic mass is 9.84. The molecule has 1 aliphatic heterocycles. The third kappa shape index (κ3) is 1.57. The summed E-state index contributed by atoms with van der Waals surface area (Å²) < 4.78 is 5.84. The van der Waals surface area contributed by atoms with E-state index < -0.39 is 0 Å². The van der Waals surface area contributed by atoms with Gasteiger partial charge in [0, 0.05) is 6.42 Å². The van der Waals surface area contributed by atoms with Crippen molar-refractivity contribution in [3.63, 3.8) is 0 Å². The third-order valence-corrected chi connectivity index (χ3v) is 3.72. The van der Waals surface area contributed by atoms with E-state index in [1.54, 1.807) is 0 Å². The molecule has 1 saturated carbocycles. The van der Waals surface area contributed by atoms with Crippen molar-refractivity contribution in [2.24, 2.45) is 0 Å². The van der Waals surface area contributed by atoms with Crippen molar-refractivity contribution in [1.29, 1.82) is 0 Å². The highest BCUT2D eigenvalue weighted by atomic mass is 16.5. The Bertz CT molecular complexity index is 411. The monoisotopic (exact) mass is 216 g/mol. The Morgan fingerprint density at radius 3 is 3.00 bits per heavy atom. The third-order valence-electron chi connectivity index (χ3n) is 3.72. The number of rotatable bonds is 0. The minimum absolute atomic E-state index is 0.00690. The number of hydrogen-bond acceptors (Lipinski definition) is 2. The minimum Gasteiger partial charge on any atom is -0.372 e. The summed E-state index contributed by atoms with van der Waals surface area (Å²) in [6, 6.07) is 8.21. The molecular weight excluding hydrogens is 200 g/mol. The van der Waals surface area contributed by atoms with Crippen LogP contribution in [0.25, 0.3) is 0 Å². The second-order valence-corrected chi connectivity index (χ2v) is 4.74. The number of carbonyl (C=O) groups is 1. The molecule has 0 saturated heterocycles. The van der Waals surface area contributed by atoms with Crippen LogP contribution in [0.5, 0.6) is 0 Å². The van der Waals surface area contributed by atoms with E-state index in [-0.39, 0.29) is 12.0 Å². The molecular formula is C14H16O2. The van der Waals surface area contributed by atoms with Gasteiger partial charge in [-0.05, 0) is 24.0 Å². The summed E-state index contributed by atoms with van der Waals surface area (Å²) in [7, 11) is 0. The molecule has 84 valence electrons. The highest BCUT2D eigenvalue weighted by Gasteiger charge is 2.36. The van der Waals surface area contributed by atoms with Gasteiger partial charge in [0.15, 0.2) is 0 Å². The molecule has 2 atom stereocenters. The van der Waals surface area contributed by atoms with Crippen LogP contribution >= 0.6 is 0 Å². The lowest BCUT2D eigenvalue weighted by Crippen LogP contribution is -2.31. The lowest BCUT2D eigenvalue weighted by Gasteiger charge is -2.31. The first-order valence-electron chi connectivity index (χ1n) is 6.08. The summed E-state index contributed by atoms with van der Waals surface area (Å²) in [4.78, 5) is 12.1. The van der Waals surface area contributed by atoms with E-state index in [0.29, 0.717) is 12.4 Å². The molecule has 1 aromatic rings. The van der Waals surface area contributed by atoms with Crippen LogP contribution in [0.2, 0.25) is 0 Å². The minimum atomic E-state index is 0.00690. The smallest absolute Gasteiger partial charge is 0.142 e. The second kappa shape index (κ2) is 4.02. The van der Waals surface area contributed by atoms with Gasteiger partial charge in [-0.3, -0.25) is 4.79 Å². The summed E-state index contributed by atoms with van der Waals surface area (Å²) in [5.41, 5.74) is 2.41. The fraction of sp³-hybridized carbons (Fsp3) is 0.500. The van der Waals surface area contributed by atoms with E-state index in [0.717, 1.165) is 25.7 Å². The van der Waals surface area contributed by atoms with Gasteiger partial charge in [0.2, 0.25) is 0 Å². The topological polar surface area (TPSA) is 26.3 Å². The summed E-state index contributed by atoms with van der Waals surface area (Å²) >= 11 is 0. The Kier molecular flexibility index (Phi) is 2.52. The molecule has 2 nitrogen and oxygen atoms in total. The zero-order valence-electron chi connectivity index (χ0n) is 9.32. The van der Waals surface area contributed by atoms with Crippen molar-refractivity contribution < 1.29 is 9.53 Å². The van der Waals surface area contributed by atoms with Crippen LogP contribution in [0.1, 0.15) is 42.7 Å². The van der Waals surface area contributed by atoms with E-state index in [9.17, 15) is 4.79 Å². The van der Waals surface area contributed by atoms with E-state index in [1.807, 2.05) is 12.1 Å². The van der Waals surface area contributed by atoms with Crippen LogP contribution in [0.4, 0.5) is 0 Å². The van der Waals surface area contributed by atoms with Crippen LogP contribution < -0.4 is 0 Å². The Balaban J connectivity index is 2.04. The quantitative estimate of drug-likeness (QED) is 0.666. The van der Waals surface area contributed by atoms with Crippen LogP contribution in [0, 0.1) is 0 Å². The first-order valence-corrected chi connectivity index (χ1v) is 6.08. The van der Waals surface area contributed by atoms with E-state index in [4.69, 9.17) is 4.74 Å². The molecule has 0 spiro atoms. The summed E-state index contributed by atoms with van der Waals surface area (Å²) in [5, 5.41) is 0. The van der Waals surface area contributed by atoms with Crippen molar-refractivity contribution in [2.45, 2.75) is 44.3 Å². The molecule has 1 aromatic carbocycles. The van der Waals surface area contributed by atoms with Crippen molar-refractivity contribution in [2.75, 3.05) is 0 Å². The van der Waals surface area contributed by atoms with Crippen LogP contribution in [0.15, 0.2) is 24.3 Å². The standard InChI is InChI=1S/C14H16O2/c15-12-7-3-4-8-13-14(12)11-6-2-1-5-10(11)9-16-13/h1-2,5-6,13-14H,3-4,7-9H2. The molecule has 0 aromatic heterocycles. The molecule has 2 heteroatoms. The average molecular weight is 216 g/mol. The molecule has 2 aliphatic rings. The number of ether oxygens (including phenoxy) is 1. The molecule has 2 unspecified atom stereocenters. The molecule has 0 N–H and O–H groups in total. The van der Waals surface area contributed by atoms with Gasteiger partial charge in [-0.2, -0.15) is 0 Å². The van der Waals surface area contributed by atoms with Crippen LogP contribution in [-0.4, -0.2) is 11.9 Å². The Hall–Kier alpha value is -1.15. The van der Waals surface area contributed by atoms with E-state index >= 15 is 0 Å². The van der Waals surface area contributed by atoms with Crippen LogP contribution in [0.3, 0.4) is 0 Å². The molecule has 0 amide bonds. The van der Waals surface area contributed by atoms with Crippen molar-refractivity contribution in [3.05, 3.63) is 35.4 Å². The number of benzene rings is 1. The Morgan fingerprint density at radius 2 is 2.06 bits per heavy atom. The maximum atomic E-state index is 12.1. The second-order valence-electron chi connectivity index (χ2n) is 4.74. The first-order chi connectivity index (χ1) is 7.86. The van der Waals surface area contributed by atoms with Crippen molar-refractivity contribution in [1.82, 2.24) is 0 Å². The fourth-order valence-corrected chi connectivity index (χ4v) is 2.89. The number of Topliss-reactive ketones (excluding diaryl/α,β-unsaturated/α-hetero) is 1. The lowest BCUT2D eigenvalue weighted by molar-refractivity contribution is -0.124. The molecule has 0 radical (unpaired) electrons. The molecule has 1 aliphatic carbocycles. The van der Waals surface area contributed by atoms with Gasteiger partial charge in [-0.1, -0.05) is 30.7 Å². The van der Waals surface area contributed by atoms with Gasteiger partial charge in [0.1, 0.15) is 5.78 Å². The Labute approximate surface area is 95.6 Å². The summed E-state index contributed by atoms with van der Waals surface area (Å²) in [5.74, 6) is 0.377. The van der Waals surface area contributed by atoms with Gasteiger partial charge in [-0.25, -0.2) is 0 Å². The highest BCUT2D eigenvalue weighted by molar-refractivity contribution is 5.87. The van der Waals surface area contributed by atoms with Gasteiger partial charge in [-0.15, -0.1) is 0 Å². The molecule has 1 heterocycles. The van der Waals surface area contributed by atoms with Gasteiger partial charge < -0.3 is 4.74 Å². The predicted octanol–water partition coefficient (Wildman–Crippen LogP) is 2.81. The highest BCUT2D eigenvalue weighted by Crippen LogP contribution is 2.37. The van der Waals surface area contributed by atoms with E-state index in [1.165, 1.54) is 11.1 Å². The Morgan fingerprint density at radius 1 is 1.19 bits per heavy atom. The molecule has 0 bridgehead atoms. The normalized spacial score (nSPS) is 29.1. The largest absolute Gasteiger partial charge is 0.372 e. The van der Waals surface area contributed by atoms with Gasteiger partial charge >= 0.3 is 0 Å². The van der Waals surface area contributed by atoms with Gasteiger partial charge in [0.05, 0.1) is 18.6 Å². The number of fused-ring (bicyclic) bond motifs is 3. The molecule has 1 fully saturated rings. The number of ketones is 1. The zero-order valence-corrected chi connectivity index (χ0v) is 9.32. The number of carbonyl (C=O) groups excluding carboxylic acids is 1. The number of hydrogen-bond donors (Lipinski definition) is 0. The predicted molar refractivity (Wildman–Crippen MR) is 61.2 cm³/mol. The SMILES string of the molecule is O=C1CCCCC2OCc3ccccc3C12. The van der Waals surface area contributed by atoms with E-state index in [2.05, 4.69) is 12.1 Å². The maximum absolute atomic E-state index is 12.1. The summed E-state index contributed by atoms with van der Waals surface area (Å²) in [6.07, 6.45) is 4.03. The van der Waals surface area contributed by atoms with Gasteiger partial charge in [0.25, 0.3) is 0 Å². The molecule has 3 rings (SSSR count). The summed E-state index contributed by atoms with van der Waals surface area (Å²) in [6.45, 7) is 0.671. The van der Waals surface area contributed by atoms with Crippen LogP contribution in [-0.2, 0) is 16.1 Å². The van der Waals surface area contributed by atoms with Crippen molar-refractivity contribution >= 4 is 5.78 Å². The average Bonchev–Trinajstić information content (AvgIpc) is 2.51.